The van der Waals surface area contributed by atoms with Crippen molar-refractivity contribution in [2.75, 3.05) is 11.4 Å². The molecule has 1 fully saturated rings. The lowest BCUT2D eigenvalue weighted by molar-refractivity contribution is -0.142. The van der Waals surface area contributed by atoms with Crippen LogP contribution in [0.5, 0.6) is 0 Å². The summed E-state index contributed by atoms with van der Waals surface area (Å²) in [6.07, 6.45) is -2.79. The van der Waals surface area contributed by atoms with Crippen LogP contribution in [0.3, 0.4) is 0 Å². The third-order valence-electron chi connectivity index (χ3n) is 4.03. The fraction of sp³-hybridized carbons (Fsp3) is 0.533. The number of hydrogen-bond donors (Lipinski definition) is 1. The molecular formula is C15H18F3NO2. The van der Waals surface area contributed by atoms with Gasteiger partial charge in [-0.15, -0.1) is 0 Å². The fourth-order valence-electron chi connectivity index (χ4n) is 2.98. The SMILES string of the molecule is CC1(C)CCCN(c2ccc(C(F)(F)F)cc2)C1C(=O)O. The Hall–Kier alpha value is -1.72. The molecule has 6 heteroatoms. The van der Waals surface area contributed by atoms with Crippen molar-refractivity contribution in [3.8, 4) is 0 Å². The molecule has 1 saturated heterocycles. The Kier molecular flexibility index (Phi) is 3.91. The first-order valence-corrected chi connectivity index (χ1v) is 6.79. The van der Waals surface area contributed by atoms with Gasteiger partial charge in [0.05, 0.1) is 5.56 Å². The molecule has 2 rings (SSSR count). The van der Waals surface area contributed by atoms with Crippen molar-refractivity contribution >= 4 is 11.7 Å². The Balaban J connectivity index is 2.33. The van der Waals surface area contributed by atoms with Crippen LogP contribution in [0.2, 0.25) is 0 Å². The zero-order valence-corrected chi connectivity index (χ0v) is 11.9. The summed E-state index contributed by atoms with van der Waals surface area (Å²) in [7, 11) is 0. The summed E-state index contributed by atoms with van der Waals surface area (Å²) in [4.78, 5) is 13.2. The minimum atomic E-state index is -4.38. The number of carboxylic acids is 1. The van der Waals surface area contributed by atoms with E-state index in [0.29, 0.717) is 12.2 Å². The molecule has 1 aromatic carbocycles. The lowest BCUT2D eigenvalue weighted by atomic mass is 9.76. The predicted molar refractivity (Wildman–Crippen MR) is 73.2 cm³/mol. The van der Waals surface area contributed by atoms with E-state index in [1.165, 1.54) is 12.1 Å². The number of hydrogen-bond acceptors (Lipinski definition) is 2. The van der Waals surface area contributed by atoms with Crippen LogP contribution in [0.15, 0.2) is 24.3 Å². The molecule has 1 unspecified atom stereocenters. The Morgan fingerprint density at radius 1 is 1.29 bits per heavy atom. The fourth-order valence-corrected chi connectivity index (χ4v) is 2.98. The minimum Gasteiger partial charge on any atom is -0.480 e. The third kappa shape index (κ3) is 3.14. The maximum absolute atomic E-state index is 12.6. The van der Waals surface area contributed by atoms with Crippen LogP contribution in [0.4, 0.5) is 18.9 Å². The van der Waals surface area contributed by atoms with Crippen molar-refractivity contribution in [3.05, 3.63) is 29.8 Å². The smallest absolute Gasteiger partial charge is 0.416 e. The molecule has 0 spiro atoms. The van der Waals surface area contributed by atoms with E-state index in [9.17, 15) is 23.1 Å². The number of halogens is 3. The van der Waals surface area contributed by atoms with E-state index in [2.05, 4.69) is 0 Å². The molecule has 1 aliphatic heterocycles. The second-order valence-corrected chi connectivity index (χ2v) is 6.07. The van der Waals surface area contributed by atoms with Crippen molar-refractivity contribution in [1.82, 2.24) is 0 Å². The Morgan fingerprint density at radius 3 is 2.33 bits per heavy atom. The number of carbonyl (C=O) groups is 1. The van der Waals surface area contributed by atoms with Crippen molar-refractivity contribution in [3.63, 3.8) is 0 Å². The molecule has 0 saturated carbocycles. The Morgan fingerprint density at radius 2 is 1.86 bits per heavy atom. The van der Waals surface area contributed by atoms with Gasteiger partial charge in [0.1, 0.15) is 6.04 Å². The van der Waals surface area contributed by atoms with Gasteiger partial charge in [-0.25, -0.2) is 4.79 Å². The second kappa shape index (κ2) is 5.24. The summed E-state index contributed by atoms with van der Waals surface area (Å²) in [5, 5.41) is 9.47. The van der Waals surface area contributed by atoms with Gasteiger partial charge in [-0.2, -0.15) is 13.2 Å². The average Bonchev–Trinajstić information content (AvgIpc) is 2.36. The molecule has 0 aromatic heterocycles. The number of aliphatic carboxylic acids is 1. The highest BCUT2D eigenvalue weighted by molar-refractivity contribution is 5.79. The van der Waals surface area contributed by atoms with Crippen LogP contribution < -0.4 is 4.90 Å². The predicted octanol–water partition coefficient (Wildman–Crippen LogP) is 3.79. The zero-order chi connectivity index (χ0) is 15.8. The molecule has 1 N–H and O–H groups in total. The van der Waals surface area contributed by atoms with Crippen LogP contribution in [0, 0.1) is 5.41 Å². The van der Waals surface area contributed by atoms with Gasteiger partial charge >= 0.3 is 12.1 Å². The Labute approximate surface area is 121 Å². The topological polar surface area (TPSA) is 40.5 Å². The summed E-state index contributed by atoms with van der Waals surface area (Å²) in [6.45, 7) is 4.29. The van der Waals surface area contributed by atoms with E-state index in [1.54, 1.807) is 4.90 Å². The van der Waals surface area contributed by atoms with Gasteiger partial charge in [0.15, 0.2) is 0 Å². The van der Waals surface area contributed by atoms with Gasteiger partial charge in [0, 0.05) is 12.2 Å². The standard InChI is InChI=1S/C15H18F3NO2/c1-14(2)8-3-9-19(12(14)13(20)21)11-6-4-10(5-7-11)15(16,17)18/h4-7,12H,3,8-9H2,1-2H3,(H,20,21). The number of carboxylic acid groups (broad SMARTS) is 1. The molecule has 0 amide bonds. The summed E-state index contributed by atoms with van der Waals surface area (Å²) >= 11 is 0. The van der Waals surface area contributed by atoms with Gasteiger partial charge in [-0.3, -0.25) is 0 Å². The maximum Gasteiger partial charge on any atom is 0.416 e. The molecule has 1 atom stereocenters. The van der Waals surface area contributed by atoms with Crippen molar-refractivity contribution in [2.24, 2.45) is 5.41 Å². The molecular weight excluding hydrogens is 283 g/mol. The molecule has 0 radical (unpaired) electrons. The first-order chi connectivity index (χ1) is 9.63. The molecule has 3 nitrogen and oxygen atoms in total. The van der Waals surface area contributed by atoms with Crippen LogP contribution in [-0.4, -0.2) is 23.7 Å². The average molecular weight is 301 g/mol. The molecule has 0 bridgehead atoms. The van der Waals surface area contributed by atoms with Crippen LogP contribution in [-0.2, 0) is 11.0 Å². The van der Waals surface area contributed by atoms with Crippen LogP contribution in [0.25, 0.3) is 0 Å². The Bertz CT molecular complexity index is 523. The van der Waals surface area contributed by atoms with Crippen molar-refractivity contribution in [2.45, 2.75) is 38.9 Å². The van der Waals surface area contributed by atoms with E-state index in [0.717, 1.165) is 25.0 Å². The normalized spacial score (nSPS) is 22.1. The maximum atomic E-state index is 12.6. The van der Waals surface area contributed by atoms with Crippen molar-refractivity contribution < 1.29 is 23.1 Å². The molecule has 21 heavy (non-hydrogen) atoms. The molecule has 1 aliphatic rings. The number of piperidine rings is 1. The number of nitrogens with zero attached hydrogens (tertiary/aromatic N) is 1. The highest BCUT2D eigenvalue weighted by Crippen LogP contribution is 2.38. The summed E-state index contributed by atoms with van der Waals surface area (Å²) in [5.41, 5.74) is -0.634. The van der Waals surface area contributed by atoms with E-state index in [-0.39, 0.29) is 0 Å². The third-order valence-corrected chi connectivity index (χ3v) is 4.03. The largest absolute Gasteiger partial charge is 0.480 e. The zero-order valence-electron chi connectivity index (χ0n) is 11.9. The molecule has 1 aromatic rings. The number of benzene rings is 1. The molecule has 0 aliphatic carbocycles. The minimum absolute atomic E-state index is 0.424. The van der Waals surface area contributed by atoms with Gasteiger partial charge in [0.2, 0.25) is 0 Å². The van der Waals surface area contributed by atoms with Crippen LogP contribution >= 0.6 is 0 Å². The quantitative estimate of drug-likeness (QED) is 0.903. The highest BCUT2D eigenvalue weighted by atomic mass is 19.4. The molecule has 1 heterocycles. The van der Waals surface area contributed by atoms with Gasteiger partial charge < -0.3 is 10.0 Å². The molecule has 116 valence electrons. The van der Waals surface area contributed by atoms with Gasteiger partial charge in [-0.1, -0.05) is 13.8 Å². The monoisotopic (exact) mass is 301 g/mol. The second-order valence-electron chi connectivity index (χ2n) is 6.07. The summed E-state index contributed by atoms with van der Waals surface area (Å²) in [5.74, 6) is -0.945. The van der Waals surface area contributed by atoms with E-state index in [1.807, 2.05) is 13.8 Å². The van der Waals surface area contributed by atoms with E-state index >= 15 is 0 Å². The lowest BCUT2D eigenvalue weighted by Gasteiger charge is -2.45. The van der Waals surface area contributed by atoms with Crippen molar-refractivity contribution in [1.29, 1.82) is 0 Å². The van der Waals surface area contributed by atoms with E-state index < -0.39 is 29.2 Å². The number of rotatable bonds is 2. The first kappa shape index (κ1) is 15.7. The van der Waals surface area contributed by atoms with Gasteiger partial charge in [-0.05, 0) is 42.5 Å². The first-order valence-electron chi connectivity index (χ1n) is 6.79. The van der Waals surface area contributed by atoms with E-state index in [4.69, 9.17) is 0 Å². The summed E-state index contributed by atoms with van der Waals surface area (Å²) in [6, 6.07) is 3.95. The summed E-state index contributed by atoms with van der Waals surface area (Å²) < 4.78 is 37.7. The number of anilines is 1. The lowest BCUT2D eigenvalue weighted by Crippen LogP contribution is -2.54. The number of alkyl halides is 3. The van der Waals surface area contributed by atoms with Crippen LogP contribution in [0.1, 0.15) is 32.3 Å². The van der Waals surface area contributed by atoms with Gasteiger partial charge in [0.25, 0.3) is 0 Å². The highest BCUT2D eigenvalue weighted by Gasteiger charge is 2.42.